The topological polar surface area (TPSA) is 50.4 Å². The van der Waals surface area contributed by atoms with Crippen LogP contribution < -0.4 is 10.6 Å². The van der Waals surface area contributed by atoms with Crippen molar-refractivity contribution in [3.05, 3.63) is 0 Å². The van der Waals surface area contributed by atoms with Gasteiger partial charge in [-0.15, -0.1) is 0 Å². The van der Waals surface area contributed by atoms with Crippen LogP contribution in [0.4, 0.5) is 4.79 Å². The van der Waals surface area contributed by atoms with E-state index < -0.39 is 5.60 Å². The molecule has 1 amide bonds. The summed E-state index contributed by atoms with van der Waals surface area (Å²) in [4.78, 5) is 11.8. The van der Waals surface area contributed by atoms with E-state index >= 15 is 0 Å². The molecule has 22 heavy (non-hydrogen) atoms. The van der Waals surface area contributed by atoms with E-state index in [1.165, 1.54) is 32.1 Å². The summed E-state index contributed by atoms with van der Waals surface area (Å²) in [5.41, 5.74) is -0.442. The SMILES string of the molecule is CCC1CCCC(NC(CNC(=O)OC(C)(C)C)C(C)C)C1. The van der Waals surface area contributed by atoms with Crippen LogP contribution in [0.3, 0.4) is 0 Å². The highest BCUT2D eigenvalue weighted by Gasteiger charge is 2.25. The van der Waals surface area contributed by atoms with Crippen molar-refractivity contribution in [1.82, 2.24) is 10.6 Å². The molecule has 1 fully saturated rings. The third-order valence-corrected chi connectivity index (χ3v) is 4.48. The zero-order chi connectivity index (χ0) is 16.8. The Balaban J connectivity index is 2.43. The first-order chi connectivity index (χ1) is 10.2. The third-order valence-electron chi connectivity index (χ3n) is 4.48. The molecule has 1 rings (SSSR count). The molecule has 1 aliphatic rings. The first kappa shape index (κ1) is 19.3. The van der Waals surface area contributed by atoms with Crippen molar-refractivity contribution in [3.63, 3.8) is 0 Å². The minimum absolute atomic E-state index is 0.299. The van der Waals surface area contributed by atoms with E-state index in [-0.39, 0.29) is 6.09 Å². The van der Waals surface area contributed by atoms with Crippen molar-refractivity contribution < 1.29 is 9.53 Å². The minimum atomic E-state index is -0.442. The van der Waals surface area contributed by atoms with Crippen molar-refractivity contribution in [2.45, 2.75) is 91.3 Å². The lowest BCUT2D eigenvalue weighted by Crippen LogP contribution is -2.50. The van der Waals surface area contributed by atoms with Gasteiger partial charge in [0, 0.05) is 18.6 Å². The third kappa shape index (κ3) is 7.48. The van der Waals surface area contributed by atoms with Gasteiger partial charge in [0.25, 0.3) is 0 Å². The van der Waals surface area contributed by atoms with Gasteiger partial charge in [-0.05, 0) is 45.4 Å². The number of nitrogens with one attached hydrogen (secondary N) is 2. The highest BCUT2D eigenvalue weighted by atomic mass is 16.6. The lowest BCUT2D eigenvalue weighted by atomic mass is 9.83. The van der Waals surface area contributed by atoms with Gasteiger partial charge in [-0.25, -0.2) is 4.79 Å². The van der Waals surface area contributed by atoms with E-state index in [9.17, 15) is 4.79 Å². The molecule has 0 aromatic carbocycles. The molecule has 4 nitrogen and oxygen atoms in total. The standard InChI is InChI=1S/C18H36N2O2/c1-7-14-9-8-10-15(11-14)20-16(13(2)3)12-19-17(21)22-18(4,5)6/h13-16,20H,7-12H2,1-6H3,(H,19,21). The Kier molecular flexibility index (Phi) is 7.67. The predicted molar refractivity (Wildman–Crippen MR) is 92.0 cm³/mol. The van der Waals surface area contributed by atoms with Crippen LogP contribution in [0.1, 0.15) is 73.6 Å². The van der Waals surface area contributed by atoms with Crippen molar-refractivity contribution in [2.75, 3.05) is 6.54 Å². The predicted octanol–water partition coefficient (Wildman–Crippen LogP) is 4.09. The van der Waals surface area contributed by atoms with E-state index in [1.54, 1.807) is 0 Å². The van der Waals surface area contributed by atoms with E-state index in [0.29, 0.717) is 24.5 Å². The molecule has 2 N–H and O–H groups in total. The van der Waals surface area contributed by atoms with Crippen molar-refractivity contribution in [2.24, 2.45) is 11.8 Å². The van der Waals surface area contributed by atoms with Gasteiger partial charge < -0.3 is 15.4 Å². The zero-order valence-electron chi connectivity index (χ0n) is 15.4. The number of rotatable bonds is 6. The Labute approximate surface area is 136 Å². The van der Waals surface area contributed by atoms with Gasteiger partial charge in [-0.3, -0.25) is 0 Å². The molecule has 0 bridgehead atoms. The maximum Gasteiger partial charge on any atom is 0.407 e. The van der Waals surface area contributed by atoms with E-state index in [2.05, 4.69) is 31.4 Å². The number of alkyl carbamates (subject to hydrolysis) is 1. The smallest absolute Gasteiger partial charge is 0.407 e. The summed E-state index contributed by atoms with van der Waals surface area (Å²) in [5.74, 6) is 1.34. The number of ether oxygens (including phenoxy) is 1. The monoisotopic (exact) mass is 312 g/mol. The van der Waals surface area contributed by atoms with Gasteiger partial charge in [0.1, 0.15) is 5.60 Å². The summed E-state index contributed by atoms with van der Waals surface area (Å²) in [6.45, 7) is 13.0. The molecule has 0 aliphatic heterocycles. The van der Waals surface area contributed by atoms with Crippen molar-refractivity contribution >= 4 is 6.09 Å². The second kappa shape index (κ2) is 8.76. The second-order valence-electron chi connectivity index (χ2n) is 8.04. The summed E-state index contributed by atoms with van der Waals surface area (Å²) in [6, 6.07) is 0.889. The van der Waals surface area contributed by atoms with Crippen LogP contribution in [0.2, 0.25) is 0 Å². The minimum Gasteiger partial charge on any atom is -0.444 e. The van der Waals surface area contributed by atoms with Crippen LogP contribution in [-0.4, -0.2) is 30.3 Å². The number of hydrogen-bond acceptors (Lipinski definition) is 3. The molecule has 3 unspecified atom stereocenters. The lowest BCUT2D eigenvalue weighted by molar-refractivity contribution is 0.0517. The molecule has 0 spiro atoms. The molecular weight excluding hydrogens is 276 g/mol. The molecule has 3 atom stereocenters. The Hall–Kier alpha value is -0.770. The zero-order valence-corrected chi connectivity index (χ0v) is 15.4. The summed E-state index contributed by atoms with van der Waals surface area (Å²) in [7, 11) is 0. The molecule has 0 aromatic rings. The first-order valence-corrected chi connectivity index (χ1v) is 8.94. The number of hydrogen-bond donors (Lipinski definition) is 2. The largest absolute Gasteiger partial charge is 0.444 e. The highest BCUT2D eigenvalue weighted by molar-refractivity contribution is 5.67. The number of carbonyl (C=O) groups excluding carboxylic acids is 1. The highest BCUT2D eigenvalue weighted by Crippen LogP contribution is 2.27. The molecule has 4 heteroatoms. The van der Waals surface area contributed by atoms with Gasteiger partial charge >= 0.3 is 6.09 Å². The summed E-state index contributed by atoms with van der Waals surface area (Å²) in [5, 5.41) is 6.68. The van der Waals surface area contributed by atoms with Crippen LogP contribution in [0.15, 0.2) is 0 Å². The average molecular weight is 312 g/mol. The van der Waals surface area contributed by atoms with Gasteiger partial charge in [-0.2, -0.15) is 0 Å². The second-order valence-corrected chi connectivity index (χ2v) is 8.04. The van der Waals surface area contributed by atoms with E-state index in [4.69, 9.17) is 4.74 Å². The summed E-state index contributed by atoms with van der Waals surface area (Å²) < 4.78 is 5.31. The maximum atomic E-state index is 11.8. The van der Waals surface area contributed by atoms with Gasteiger partial charge in [0.2, 0.25) is 0 Å². The Morgan fingerprint density at radius 1 is 1.27 bits per heavy atom. The molecule has 0 aromatic heterocycles. The molecule has 130 valence electrons. The van der Waals surface area contributed by atoms with Gasteiger partial charge in [0.15, 0.2) is 0 Å². The Morgan fingerprint density at radius 3 is 2.50 bits per heavy atom. The van der Waals surface area contributed by atoms with Crippen LogP contribution >= 0.6 is 0 Å². The maximum absolute atomic E-state index is 11.8. The fourth-order valence-corrected chi connectivity index (χ4v) is 3.11. The summed E-state index contributed by atoms with van der Waals surface area (Å²) in [6.07, 6.45) is 6.17. The van der Waals surface area contributed by atoms with Crippen LogP contribution in [-0.2, 0) is 4.74 Å². The average Bonchev–Trinajstić information content (AvgIpc) is 2.41. The molecular formula is C18H36N2O2. The Bertz CT molecular complexity index is 336. The molecule has 1 aliphatic carbocycles. The number of amides is 1. The lowest BCUT2D eigenvalue weighted by Gasteiger charge is -2.34. The molecule has 0 heterocycles. The first-order valence-electron chi connectivity index (χ1n) is 8.94. The van der Waals surface area contributed by atoms with E-state index in [1.807, 2.05) is 20.8 Å². The molecule has 1 saturated carbocycles. The van der Waals surface area contributed by atoms with E-state index in [0.717, 1.165) is 5.92 Å². The Morgan fingerprint density at radius 2 is 1.95 bits per heavy atom. The summed E-state index contributed by atoms with van der Waals surface area (Å²) >= 11 is 0. The van der Waals surface area contributed by atoms with Crippen LogP contribution in [0.5, 0.6) is 0 Å². The van der Waals surface area contributed by atoms with Gasteiger partial charge in [-0.1, -0.05) is 40.0 Å². The quantitative estimate of drug-likeness (QED) is 0.776. The van der Waals surface area contributed by atoms with Gasteiger partial charge in [0.05, 0.1) is 0 Å². The fraction of sp³-hybridized carbons (Fsp3) is 0.944. The number of carbonyl (C=O) groups is 1. The normalized spacial score (nSPS) is 24.1. The van der Waals surface area contributed by atoms with Crippen molar-refractivity contribution in [1.29, 1.82) is 0 Å². The van der Waals surface area contributed by atoms with Crippen LogP contribution in [0.25, 0.3) is 0 Å². The van der Waals surface area contributed by atoms with Crippen LogP contribution in [0, 0.1) is 11.8 Å². The van der Waals surface area contributed by atoms with Crippen molar-refractivity contribution in [3.8, 4) is 0 Å². The molecule has 0 saturated heterocycles. The fourth-order valence-electron chi connectivity index (χ4n) is 3.11. The molecule has 0 radical (unpaired) electrons.